The van der Waals surface area contributed by atoms with Crippen LogP contribution in [0.2, 0.25) is 0 Å². The summed E-state index contributed by atoms with van der Waals surface area (Å²) in [6.45, 7) is 3.65. The molecular formula is C30H30FN3O3S2. The highest BCUT2D eigenvalue weighted by Crippen LogP contribution is 2.38. The number of carbonyl (C=O) groups is 1. The highest BCUT2D eigenvalue weighted by Gasteiger charge is 2.37. The SMILES string of the molecule is CC1CN(C(=O)CN2CCc3sccc3C2c2cccc(F)c2)CCN1S(=O)(=O)c1ccc2ccccc2c1. The summed E-state index contributed by atoms with van der Waals surface area (Å²) in [5.74, 6) is -0.330. The van der Waals surface area contributed by atoms with Crippen LogP contribution in [-0.4, -0.2) is 67.2 Å². The lowest BCUT2D eigenvalue weighted by Crippen LogP contribution is -2.57. The number of hydrogen-bond acceptors (Lipinski definition) is 5. The molecule has 0 spiro atoms. The van der Waals surface area contributed by atoms with Crippen LogP contribution < -0.4 is 0 Å². The van der Waals surface area contributed by atoms with Gasteiger partial charge in [-0.05, 0) is 71.0 Å². The summed E-state index contributed by atoms with van der Waals surface area (Å²) in [6, 6.07) is 21.0. The lowest BCUT2D eigenvalue weighted by Gasteiger charge is -2.41. The molecular weight excluding hydrogens is 533 g/mol. The number of hydrogen-bond donors (Lipinski definition) is 0. The second kappa shape index (κ2) is 10.5. The predicted molar refractivity (Wildman–Crippen MR) is 152 cm³/mol. The van der Waals surface area contributed by atoms with E-state index < -0.39 is 10.0 Å². The number of fused-ring (bicyclic) bond motifs is 2. The van der Waals surface area contributed by atoms with E-state index >= 15 is 0 Å². The van der Waals surface area contributed by atoms with Crippen molar-refractivity contribution >= 4 is 38.0 Å². The van der Waals surface area contributed by atoms with E-state index in [9.17, 15) is 17.6 Å². The Morgan fingerprint density at radius 2 is 1.79 bits per heavy atom. The molecule has 0 radical (unpaired) electrons. The maximum Gasteiger partial charge on any atom is 0.243 e. The molecule has 3 heterocycles. The lowest BCUT2D eigenvalue weighted by atomic mass is 9.93. The third-order valence-electron chi connectivity index (χ3n) is 7.82. The molecule has 0 aliphatic carbocycles. The summed E-state index contributed by atoms with van der Waals surface area (Å²) >= 11 is 1.70. The second-order valence-corrected chi connectivity index (χ2v) is 13.2. The smallest absolute Gasteiger partial charge is 0.243 e. The van der Waals surface area contributed by atoms with Gasteiger partial charge in [-0.15, -0.1) is 11.3 Å². The van der Waals surface area contributed by atoms with Crippen LogP contribution in [-0.2, 0) is 21.2 Å². The summed E-state index contributed by atoms with van der Waals surface area (Å²) in [7, 11) is -3.70. The summed E-state index contributed by atoms with van der Waals surface area (Å²) in [6.07, 6.45) is 0.847. The van der Waals surface area contributed by atoms with Gasteiger partial charge in [0.25, 0.3) is 0 Å². The Morgan fingerprint density at radius 1 is 0.974 bits per heavy atom. The molecule has 6 rings (SSSR count). The minimum Gasteiger partial charge on any atom is -0.339 e. The zero-order valence-corrected chi connectivity index (χ0v) is 23.3. The molecule has 1 aromatic heterocycles. The van der Waals surface area contributed by atoms with Crippen LogP contribution in [0.3, 0.4) is 0 Å². The van der Waals surface area contributed by atoms with Crippen LogP contribution in [0.15, 0.2) is 83.1 Å². The average molecular weight is 564 g/mol. The topological polar surface area (TPSA) is 60.9 Å². The maximum absolute atomic E-state index is 14.1. The molecule has 2 aliphatic heterocycles. The van der Waals surface area contributed by atoms with Gasteiger partial charge in [0.2, 0.25) is 15.9 Å². The Kier molecular flexibility index (Phi) is 7.01. The van der Waals surface area contributed by atoms with E-state index in [4.69, 9.17) is 0 Å². The van der Waals surface area contributed by atoms with Crippen molar-refractivity contribution in [2.24, 2.45) is 0 Å². The fourth-order valence-corrected chi connectivity index (χ4v) is 8.42. The van der Waals surface area contributed by atoms with E-state index in [1.807, 2.05) is 43.3 Å². The Balaban J connectivity index is 1.17. The van der Waals surface area contributed by atoms with Gasteiger partial charge in [0.1, 0.15) is 5.82 Å². The zero-order chi connectivity index (χ0) is 27.1. The van der Waals surface area contributed by atoms with Gasteiger partial charge in [0.15, 0.2) is 0 Å². The molecule has 2 atom stereocenters. The van der Waals surface area contributed by atoms with Crippen molar-refractivity contribution in [2.75, 3.05) is 32.7 Å². The molecule has 0 saturated carbocycles. The van der Waals surface area contributed by atoms with Crippen LogP contribution in [0.4, 0.5) is 4.39 Å². The number of thiophene rings is 1. The number of piperazine rings is 1. The average Bonchev–Trinajstić information content (AvgIpc) is 3.41. The third-order valence-corrected chi connectivity index (χ3v) is 10.8. The van der Waals surface area contributed by atoms with Gasteiger partial charge >= 0.3 is 0 Å². The van der Waals surface area contributed by atoms with Crippen LogP contribution in [0.5, 0.6) is 0 Å². The second-order valence-electron chi connectivity index (χ2n) is 10.3. The molecule has 202 valence electrons. The van der Waals surface area contributed by atoms with E-state index in [0.717, 1.165) is 28.3 Å². The molecule has 2 unspecified atom stereocenters. The number of halogens is 1. The largest absolute Gasteiger partial charge is 0.339 e. The van der Waals surface area contributed by atoms with Crippen LogP contribution in [0, 0.1) is 5.82 Å². The molecule has 6 nitrogen and oxygen atoms in total. The molecule has 1 saturated heterocycles. The van der Waals surface area contributed by atoms with Gasteiger partial charge in [-0.2, -0.15) is 4.31 Å². The van der Waals surface area contributed by atoms with Gasteiger partial charge in [-0.25, -0.2) is 12.8 Å². The lowest BCUT2D eigenvalue weighted by molar-refractivity contribution is -0.135. The normalized spacial score (nSPS) is 20.7. The van der Waals surface area contributed by atoms with Crippen LogP contribution in [0.1, 0.15) is 29.0 Å². The van der Waals surface area contributed by atoms with Gasteiger partial charge in [0.05, 0.1) is 17.5 Å². The predicted octanol–water partition coefficient (Wildman–Crippen LogP) is 4.91. The van der Waals surface area contributed by atoms with Gasteiger partial charge in [-0.3, -0.25) is 9.69 Å². The minimum absolute atomic E-state index is 0.0373. The Morgan fingerprint density at radius 3 is 2.59 bits per heavy atom. The van der Waals surface area contributed by atoms with Crippen molar-refractivity contribution in [3.05, 3.63) is 100.0 Å². The summed E-state index contributed by atoms with van der Waals surface area (Å²) in [5, 5.41) is 3.92. The first-order valence-corrected chi connectivity index (χ1v) is 15.5. The molecule has 2 aliphatic rings. The summed E-state index contributed by atoms with van der Waals surface area (Å²) < 4.78 is 42.7. The van der Waals surface area contributed by atoms with Crippen LogP contribution >= 0.6 is 11.3 Å². The number of amides is 1. The number of carbonyl (C=O) groups excluding carboxylic acids is 1. The maximum atomic E-state index is 14.1. The highest BCUT2D eigenvalue weighted by atomic mass is 32.2. The first kappa shape index (κ1) is 26.1. The van der Waals surface area contributed by atoms with Crippen molar-refractivity contribution < 1.29 is 17.6 Å². The first-order valence-electron chi connectivity index (χ1n) is 13.2. The summed E-state index contributed by atoms with van der Waals surface area (Å²) in [4.78, 5) is 19.0. The zero-order valence-electron chi connectivity index (χ0n) is 21.7. The standard InChI is InChI=1S/C30H30FN3O3S2/c1-21-19-32(14-15-34(21)39(36,37)26-10-9-22-5-2-3-6-23(22)18-26)29(35)20-33-13-11-28-27(12-16-38-28)30(33)24-7-4-8-25(31)17-24/h2-10,12,16-18,21,30H,11,13-15,19-20H2,1H3. The molecule has 0 bridgehead atoms. The summed E-state index contributed by atoms with van der Waals surface area (Å²) in [5.41, 5.74) is 1.96. The molecule has 9 heteroatoms. The number of nitrogens with zero attached hydrogens (tertiary/aromatic N) is 3. The third kappa shape index (κ3) is 5.00. The van der Waals surface area contributed by atoms with Gasteiger partial charge in [-0.1, -0.05) is 42.5 Å². The van der Waals surface area contributed by atoms with E-state index in [-0.39, 0.29) is 41.8 Å². The molecule has 4 aromatic rings. The number of rotatable bonds is 5. The van der Waals surface area contributed by atoms with Gasteiger partial charge in [0, 0.05) is 37.1 Å². The molecule has 0 N–H and O–H groups in total. The van der Waals surface area contributed by atoms with Crippen molar-refractivity contribution in [3.8, 4) is 0 Å². The fourth-order valence-electron chi connectivity index (χ4n) is 5.87. The van der Waals surface area contributed by atoms with Crippen molar-refractivity contribution in [2.45, 2.75) is 30.3 Å². The number of sulfonamides is 1. The fraction of sp³-hybridized carbons (Fsp3) is 0.300. The van der Waals surface area contributed by atoms with E-state index in [1.54, 1.807) is 40.5 Å². The molecule has 3 aromatic carbocycles. The molecule has 39 heavy (non-hydrogen) atoms. The Bertz CT molecular complexity index is 1640. The molecule has 1 amide bonds. The van der Waals surface area contributed by atoms with E-state index in [2.05, 4.69) is 16.3 Å². The molecule has 1 fully saturated rings. The minimum atomic E-state index is -3.70. The quantitative estimate of drug-likeness (QED) is 0.346. The number of benzene rings is 3. The monoisotopic (exact) mass is 563 g/mol. The Hall–Kier alpha value is -3.11. The van der Waals surface area contributed by atoms with Crippen molar-refractivity contribution in [3.63, 3.8) is 0 Å². The van der Waals surface area contributed by atoms with Crippen molar-refractivity contribution in [1.29, 1.82) is 0 Å². The van der Waals surface area contributed by atoms with Gasteiger partial charge < -0.3 is 4.90 Å². The van der Waals surface area contributed by atoms with Crippen molar-refractivity contribution in [1.82, 2.24) is 14.1 Å². The van der Waals surface area contributed by atoms with E-state index in [0.29, 0.717) is 19.6 Å². The first-order chi connectivity index (χ1) is 18.8. The highest BCUT2D eigenvalue weighted by molar-refractivity contribution is 7.89. The Labute approximate surface area is 232 Å². The van der Waals surface area contributed by atoms with E-state index in [1.165, 1.54) is 15.2 Å². The van der Waals surface area contributed by atoms with Crippen LogP contribution in [0.25, 0.3) is 10.8 Å².